The van der Waals surface area contributed by atoms with Crippen molar-refractivity contribution in [1.29, 1.82) is 0 Å². The van der Waals surface area contributed by atoms with Crippen LogP contribution in [0.3, 0.4) is 0 Å². The minimum absolute atomic E-state index is 0.0486. The number of hydrogen-bond acceptors (Lipinski definition) is 3. The molecule has 2 amide bonds. The van der Waals surface area contributed by atoms with Gasteiger partial charge in [-0.25, -0.2) is 17.6 Å². The summed E-state index contributed by atoms with van der Waals surface area (Å²) in [4.78, 5) is 11.4. The van der Waals surface area contributed by atoms with Gasteiger partial charge in [0.15, 0.2) is 9.84 Å². The Morgan fingerprint density at radius 3 is 2.60 bits per heavy atom. The van der Waals surface area contributed by atoms with Crippen molar-refractivity contribution in [2.75, 3.05) is 17.6 Å². The van der Waals surface area contributed by atoms with Gasteiger partial charge >= 0.3 is 6.03 Å². The normalized spacial score (nSPS) is 10.9. The van der Waals surface area contributed by atoms with E-state index >= 15 is 0 Å². The maximum Gasteiger partial charge on any atom is 0.319 e. The fraction of sp³-hybridized carbons (Fsp3) is 0.308. The molecule has 0 fully saturated rings. The summed E-state index contributed by atoms with van der Waals surface area (Å²) in [5, 5.41) is 4.90. The smallest absolute Gasteiger partial charge is 0.319 e. The largest absolute Gasteiger partial charge is 0.334 e. The van der Waals surface area contributed by atoms with Crippen LogP contribution in [0.25, 0.3) is 0 Å². The summed E-state index contributed by atoms with van der Waals surface area (Å²) in [6, 6.07) is 2.63. The molecule has 1 aromatic carbocycles. The second kappa shape index (κ2) is 6.51. The van der Waals surface area contributed by atoms with Gasteiger partial charge in [-0.3, -0.25) is 0 Å². The van der Waals surface area contributed by atoms with E-state index in [0.29, 0.717) is 0 Å². The quantitative estimate of drug-likeness (QED) is 0.819. The fourth-order valence-corrected chi connectivity index (χ4v) is 2.47. The highest BCUT2D eigenvalue weighted by molar-refractivity contribution is 7.91. The fourth-order valence-electron chi connectivity index (χ4n) is 1.41. The summed E-state index contributed by atoms with van der Waals surface area (Å²) in [6.45, 7) is 7.09. The summed E-state index contributed by atoms with van der Waals surface area (Å²) in [7, 11) is -3.63. The second-order valence-electron chi connectivity index (χ2n) is 4.31. The zero-order valence-electron chi connectivity index (χ0n) is 11.4. The first-order valence-corrected chi connectivity index (χ1v) is 7.63. The lowest BCUT2D eigenvalue weighted by atomic mass is 10.3. The number of urea groups is 1. The molecule has 0 heterocycles. The van der Waals surface area contributed by atoms with Gasteiger partial charge in [0, 0.05) is 6.54 Å². The third-order valence-corrected chi connectivity index (χ3v) is 4.23. The van der Waals surface area contributed by atoms with Crippen molar-refractivity contribution in [3.05, 3.63) is 36.2 Å². The number of benzene rings is 1. The number of amides is 2. The van der Waals surface area contributed by atoms with E-state index in [1.54, 1.807) is 6.92 Å². The average Bonchev–Trinajstić information content (AvgIpc) is 2.38. The lowest BCUT2D eigenvalue weighted by Gasteiger charge is -2.12. The van der Waals surface area contributed by atoms with Gasteiger partial charge < -0.3 is 10.6 Å². The molecule has 0 saturated carbocycles. The monoisotopic (exact) mass is 300 g/mol. The van der Waals surface area contributed by atoms with Crippen LogP contribution in [0.15, 0.2) is 35.2 Å². The predicted octanol–water partition coefficient (Wildman–Crippen LogP) is 2.32. The van der Waals surface area contributed by atoms with E-state index in [2.05, 4.69) is 17.2 Å². The van der Waals surface area contributed by atoms with Crippen LogP contribution >= 0.6 is 0 Å². The molecule has 0 aliphatic rings. The van der Waals surface area contributed by atoms with E-state index in [0.717, 1.165) is 17.7 Å². The molecule has 0 atom stereocenters. The van der Waals surface area contributed by atoms with Crippen molar-refractivity contribution in [1.82, 2.24) is 5.32 Å². The minimum Gasteiger partial charge on any atom is -0.334 e. The number of sulfone groups is 1. The van der Waals surface area contributed by atoms with Gasteiger partial charge in [0.25, 0.3) is 0 Å². The van der Waals surface area contributed by atoms with Crippen molar-refractivity contribution in [2.45, 2.75) is 18.7 Å². The molecule has 1 aromatic rings. The number of nitrogens with one attached hydrogen (secondary N) is 2. The molecule has 0 aliphatic carbocycles. The molecule has 0 spiro atoms. The van der Waals surface area contributed by atoms with Crippen molar-refractivity contribution < 1.29 is 17.6 Å². The Bertz CT molecular complexity index is 627. The van der Waals surface area contributed by atoms with Crippen molar-refractivity contribution >= 4 is 21.6 Å². The van der Waals surface area contributed by atoms with Gasteiger partial charge in [-0.05, 0) is 25.1 Å². The molecule has 2 N–H and O–H groups in total. The Morgan fingerprint density at radius 1 is 1.40 bits per heavy atom. The SMILES string of the molecule is C=C(C)CNC(=O)Nc1ccc(F)cc1S(=O)(=O)CC. The standard InChI is InChI=1S/C13H17FN2O3S/c1-4-20(18,19)12-7-10(14)5-6-11(12)16-13(17)15-8-9(2)3/h5-7H,2,4,8H2,1,3H3,(H2,15,16,17). The molecule has 1 rings (SSSR count). The summed E-state index contributed by atoms with van der Waals surface area (Å²) in [5.41, 5.74) is 0.799. The molecule has 110 valence electrons. The Labute approximate surface area is 117 Å². The molecule has 0 aromatic heterocycles. The summed E-state index contributed by atoms with van der Waals surface area (Å²) < 4.78 is 36.9. The van der Waals surface area contributed by atoms with Crippen LogP contribution in [0.1, 0.15) is 13.8 Å². The highest BCUT2D eigenvalue weighted by atomic mass is 32.2. The molecule has 5 nitrogen and oxygen atoms in total. The summed E-state index contributed by atoms with van der Waals surface area (Å²) >= 11 is 0. The molecular formula is C13H17FN2O3S. The van der Waals surface area contributed by atoms with Crippen LogP contribution in [-0.2, 0) is 9.84 Å². The third-order valence-electron chi connectivity index (χ3n) is 2.46. The average molecular weight is 300 g/mol. The highest BCUT2D eigenvalue weighted by Crippen LogP contribution is 2.23. The van der Waals surface area contributed by atoms with E-state index in [-0.39, 0.29) is 22.9 Å². The lowest BCUT2D eigenvalue weighted by molar-refractivity contribution is 0.253. The predicted molar refractivity (Wildman–Crippen MR) is 76.0 cm³/mol. The number of carbonyl (C=O) groups excluding carboxylic acids is 1. The lowest BCUT2D eigenvalue weighted by Crippen LogP contribution is -2.30. The number of rotatable bonds is 5. The van der Waals surface area contributed by atoms with Crippen LogP contribution < -0.4 is 10.6 Å². The molecule has 0 saturated heterocycles. The third kappa shape index (κ3) is 4.34. The first-order chi connectivity index (χ1) is 9.26. The van der Waals surface area contributed by atoms with E-state index in [1.165, 1.54) is 13.0 Å². The Hall–Kier alpha value is -1.89. The molecule has 0 bridgehead atoms. The van der Waals surface area contributed by atoms with Gasteiger partial charge in [-0.1, -0.05) is 19.1 Å². The zero-order valence-corrected chi connectivity index (χ0v) is 12.2. The number of anilines is 1. The first kappa shape index (κ1) is 16.2. The second-order valence-corrected chi connectivity index (χ2v) is 6.56. The van der Waals surface area contributed by atoms with Gasteiger partial charge in [-0.15, -0.1) is 0 Å². The molecule has 7 heteroatoms. The molecule has 0 aliphatic heterocycles. The van der Waals surface area contributed by atoms with Crippen molar-refractivity contribution in [2.24, 2.45) is 0 Å². The zero-order chi connectivity index (χ0) is 15.3. The van der Waals surface area contributed by atoms with Crippen molar-refractivity contribution in [3.8, 4) is 0 Å². The Morgan fingerprint density at radius 2 is 2.05 bits per heavy atom. The van der Waals surface area contributed by atoms with E-state index in [4.69, 9.17) is 0 Å². The van der Waals surface area contributed by atoms with Gasteiger partial charge in [0.2, 0.25) is 0 Å². The van der Waals surface area contributed by atoms with E-state index in [1.807, 2.05) is 0 Å². The number of halogens is 1. The molecular weight excluding hydrogens is 283 g/mol. The molecule has 20 heavy (non-hydrogen) atoms. The maximum atomic E-state index is 13.2. The van der Waals surface area contributed by atoms with Gasteiger partial charge in [0.05, 0.1) is 16.3 Å². The van der Waals surface area contributed by atoms with Gasteiger partial charge in [0.1, 0.15) is 5.82 Å². The van der Waals surface area contributed by atoms with Gasteiger partial charge in [-0.2, -0.15) is 0 Å². The van der Waals surface area contributed by atoms with Crippen LogP contribution in [0.2, 0.25) is 0 Å². The minimum atomic E-state index is -3.63. The van der Waals surface area contributed by atoms with Crippen molar-refractivity contribution in [3.63, 3.8) is 0 Å². The maximum absolute atomic E-state index is 13.2. The van der Waals surface area contributed by atoms with E-state index < -0.39 is 21.7 Å². The van der Waals surface area contributed by atoms with Crippen LogP contribution in [0.5, 0.6) is 0 Å². The summed E-state index contributed by atoms with van der Waals surface area (Å²) in [6.07, 6.45) is 0. The number of carbonyl (C=O) groups is 1. The molecule has 0 unspecified atom stereocenters. The van der Waals surface area contributed by atoms with Crippen LogP contribution in [0.4, 0.5) is 14.9 Å². The highest BCUT2D eigenvalue weighted by Gasteiger charge is 2.18. The molecule has 0 radical (unpaired) electrons. The Balaban J connectivity index is 3.01. The Kier molecular flexibility index (Phi) is 5.26. The first-order valence-electron chi connectivity index (χ1n) is 5.98. The van der Waals surface area contributed by atoms with Crippen LogP contribution in [0, 0.1) is 5.82 Å². The van der Waals surface area contributed by atoms with Crippen LogP contribution in [-0.4, -0.2) is 26.7 Å². The topological polar surface area (TPSA) is 75.3 Å². The summed E-state index contributed by atoms with van der Waals surface area (Å²) in [5.74, 6) is -0.858. The number of hydrogen-bond donors (Lipinski definition) is 2. The van der Waals surface area contributed by atoms with E-state index in [9.17, 15) is 17.6 Å².